The van der Waals surface area contributed by atoms with Gasteiger partial charge in [0.25, 0.3) is 0 Å². The number of imidazole rings is 1. The van der Waals surface area contributed by atoms with Crippen LogP contribution >= 0.6 is 0 Å². The summed E-state index contributed by atoms with van der Waals surface area (Å²) in [7, 11) is 0. The maximum Gasteiger partial charge on any atom is 0.0924 e. The van der Waals surface area contributed by atoms with Gasteiger partial charge in [0.1, 0.15) is 0 Å². The van der Waals surface area contributed by atoms with E-state index in [1.54, 1.807) is 12.5 Å². The van der Waals surface area contributed by atoms with Gasteiger partial charge in [-0.05, 0) is 11.6 Å². The van der Waals surface area contributed by atoms with Crippen molar-refractivity contribution >= 4 is 6.08 Å². The van der Waals surface area contributed by atoms with Gasteiger partial charge in [0.15, 0.2) is 0 Å². The lowest BCUT2D eigenvalue weighted by molar-refractivity contribution is 1.31. The molecule has 2 nitrogen and oxygen atoms in total. The number of aromatic amines is 1. The Morgan fingerprint density at radius 1 is 1.27 bits per heavy atom. The smallest absolute Gasteiger partial charge is 0.0924 e. The molecule has 1 heterocycles. The minimum Gasteiger partial charge on any atom is -0.345 e. The maximum atomic E-state index is 3.92. The van der Waals surface area contributed by atoms with Crippen molar-refractivity contribution in [1.29, 1.82) is 0 Å². The number of hydrogen-bond acceptors (Lipinski definition) is 1. The molecule has 1 aromatic rings. The zero-order valence-electron chi connectivity index (χ0n) is 5.99. The standard InChI is InChI=1S/C9H8N2/c1-2-4-8(3-1)5-9-6-10-7-11-9/h1-7H,(H,10,11). The van der Waals surface area contributed by atoms with E-state index in [2.05, 4.69) is 22.1 Å². The molecule has 0 saturated carbocycles. The van der Waals surface area contributed by atoms with Crippen molar-refractivity contribution in [2.45, 2.75) is 0 Å². The summed E-state index contributed by atoms with van der Waals surface area (Å²) in [5.41, 5.74) is 2.24. The van der Waals surface area contributed by atoms with E-state index in [0.29, 0.717) is 0 Å². The molecule has 0 saturated heterocycles. The third kappa shape index (κ3) is 1.29. The van der Waals surface area contributed by atoms with Crippen molar-refractivity contribution in [1.82, 2.24) is 9.97 Å². The van der Waals surface area contributed by atoms with Crippen LogP contribution in [0.4, 0.5) is 0 Å². The van der Waals surface area contributed by atoms with Crippen LogP contribution in [-0.2, 0) is 0 Å². The molecule has 0 bridgehead atoms. The van der Waals surface area contributed by atoms with Gasteiger partial charge in [-0.25, -0.2) is 4.98 Å². The Morgan fingerprint density at radius 3 is 2.73 bits per heavy atom. The summed E-state index contributed by atoms with van der Waals surface area (Å²) < 4.78 is 0. The second-order valence-electron chi connectivity index (χ2n) is 2.37. The summed E-state index contributed by atoms with van der Waals surface area (Å²) in [5.74, 6) is 0. The fourth-order valence-corrected chi connectivity index (χ4v) is 1.01. The number of nitrogens with one attached hydrogen (secondary N) is 1. The minimum atomic E-state index is 1.04. The Hall–Kier alpha value is -1.57. The Balaban J connectivity index is 2.28. The molecule has 0 amide bonds. The second-order valence-corrected chi connectivity index (χ2v) is 2.37. The molecule has 2 rings (SSSR count). The highest BCUT2D eigenvalue weighted by Crippen LogP contribution is 2.10. The van der Waals surface area contributed by atoms with Gasteiger partial charge >= 0.3 is 0 Å². The fraction of sp³-hybridized carbons (Fsp3) is 0. The van der Waals surface area contributed by atoms with Gasteiger partial charge in [0.05, 0.1) is 18.2 Å². The zero-order valence-corrected chi connectivity index (χ0v) is 5.99. The Kier molecular flexibility index (Phi) is 1.44. The largest absolute Gasteiger partial charge is 0.345 e. The number of nitrogens with zero attached hydrogens (tertiary/aromatic N) is 1. The lowest BCUT2D eigenvalue weighted by Gasteiger charge is -1.86. The average molecular weight is 144 g/mol. The Morgan fingerprint density at radius 2 is 2.09 bits per heavy atom. The van der Waals surface area contributed by atoms with Gasteiger partial charge in [0.2, 0.25) is 0 Å². The van der Waals surface area contributed by atoms with Gasteiger partial charge in [-0.3, -0.25) is 0 Å². The highest BCUT2D eigenvalue weighted by atomic mass is 14.8. The third-order valence-electron chi connectivity index (χ3n) is 1.53. The van der Waals surface area contributed by atoms with E-state index < -0.39 is 0 Å². The molecule has 1 aliphatic carbocycles. The minimum absolute atomic E-state index is 1.04. The van der Waals surface area contributed by atoms with E-state index in [1.165, 1.54) is 5.57 Å². The molecule has 1 aliphatic rings. The molecule has 0 unspecified atom stereocenters. The summed E-state index contributed by atoms with van der Waals surface area (Å²) in [6, 6.07) is 0. The molecule has 11 heavy (non-hydrogen) atoms. The molecule has 0 aromatic carbocycles. The molecule has 54 valence electrons. The number of H-pyrrole nitrogens is 1. The van der Waals surface area contributed by atoms with E-state index in [-0.39, 0.29) is 0 Å². The van der Waals surface area contributed by atoms with Crippen molar-refractivity contribution < 1.29 is 0 Å². The van der Waals surface area contributed by atoms with Gasteiger partial charge in [-0.15, -0.1) is 0 Å². The number of allylic oxidation sites excluding steroid dienone is 5. The molecule has 0 atom stereocenters. The van der Waals surface area contributed by atoms with Crippen LogP contribution in [-0.4, -0.2) is 9.97 Å². The quantitative estimate of drug-likeness (QED) is 0.640. The first kappa shape index (κ1) is 6.16. The molecule has 0 radical (unpaired) electrons. The molecule has 2 heteroatoms. The highest BCUT2D eigenvalue weighted by molar-refractivity contribution is 5.59. The Bertz CT molecular complexity index is 301. The van der Waals surface area contributed by atoms with Crippen LogP contribution in [0.1, 0.15) is 5.69 Å². The fourth-order valence-electron chi connectivity index (χ4n) is 1.01. The van der Waals surface area contributed by atoms with Gasteiger partial charge in [-0.2, -0.15) is 0 Å². The highest BCUT2D eigenvalue weighted by Gasteiger charge is 1.92. The van der Waals surface area contributed by atoms with Crippen LogP contribution < -0.4 is 0 Å². The van der Waals surface area contributed by atoms with Crippen LogP contribution in [0.25, 0.3) is 6.08 Å². The van der Waals surface area contributed by atoms with E-state index in [1.807, 2.05) is 18.2 Å². The van der Waals surface area contributed by atoms with Crippen molar-refractivity contribution in [3.8, 4) is 0 Å². The first-order chi connectivity index (χ1) is 5.45. The van der Waals surface area contributed by atoms with E-state index in [9.17, 15) is 0 Å². The van der Waals surface area contributed by atoms with E-state index in [4.69, 9.17) is 0 Å². The van der Waals surface area contributed by atoms with Crippen LogP contribution in [0.2, 0.25) is 0 Å². The van der Waals surface area contributed by atoms with Crippen LogP contribution in [0, 0.1) is 0 Å². The van der Waals surface area contributed by atoms with E-state index >= 15 is 0 Å². The second kappa shape index (κ2) is 2.58. The van der Waals surface area contributed by atoms with Gasteiger partial charge in [-0.1, -0.05) is 24.3 Å². The Labute approximate surface area is 65.0 Å². The summed E-state index contributed by atoms with van der Waals surface area (Å²) in [6.45, 7) is 0. The van der Waals surface area contributed by atoms with Crippen molar-refractivity contribution in [2.75, 3.05) is 0 Å². The monoisotopic (exact) mass is 144 g/mol. The number of hydrogen-bond donors (Lipinski definition) is 1. The first-order valence-electron chi connectivity index (χ1n) is 3.50. The SMILES string of the molecule is C1=CC(=Cc2cnc[nH]2)C=C1. The zero-order chi connectivity index (χ0) is 7.52. The van der Waals surface area contributed by atoms with Crippen molar-refractivity contribution in [3.05, 3.63) is 48.1 Å². The first-order valence-corrected chi connectivity index (χ1v) is 3.50. The van der Waals surface area contributed by atoms with Gasteiger partial charge in [0, 0.05) is 0 Å². The predicted octanol–water partition coefficient (Wildman–Crippen LogP) is 1.92. The molecule has 0 spiro atoms. The molecule has 1 N–H and O–H groups in total. The van der Waals surface area contributed by atoms with Crippen molar-refractivity contribution in [3.63, 3.8) is 0 Å². The lowest BCUT2D eigenvalue weighted by Crippen LogP contribution is -1.70. The summed E-state index contributed by atoms with van der Waals surface area (Å²) >= 11 is 0. The molecule has 0 aliphatic heterocycles. The average Bonchev–Trinajstić information content (AvgIpc) is 2.60. The molecular weight excluding hydrogens is 136 g/mol. The predicted molar refractivity (Wildman–Crippen MR) is 44.8 cm³/mol. The molecular formula is C9H8N2. The van der Waals surface area contributed by atoms with Crippen LogP contribution in [0.5, 0.6) is 0 Å². The normalized spacial score (nSPS) is 14.4. The topological polar surface area (TPSA) is 28.7 Å². The third-order valence-corrected chi connectivity index (χ3v) is 1.53. The summed E-state index contributed by atoms with van der Waals surface area (Å²) in [6.07, 6.45) is 13.7. The summed E-state index contributed by atoms with van der Waals surface area (Å²) in [4.78, 5) is 6.92. The molecule has 0 fully saturated rings. The van der Waals surface area contributed by atoms with Crippen LogP contribution in [0.3, 0.4) is 0 Å². The summed E-state index contributed by atoms with van der Waals surface area (Å²) in [5, 5.41) is 0. The number of aromatic nitrogens is 2. The molecule has 1 aromatic heterocycles. The van der Waals surface area contributed by atoms with E-state index in [0.717, 1.165) is 5.69 Å². The number of rotatable bonds is 1. The maximum absolute atomic E-state index is 3.92. The lowest BCUT2D eigenvalue weighted by atomic mass is 10.2. The van der Waals surface area contributed by atoms with Crippen LogP contribution in [0.15, 0.2) is 42.4 Å². The van der Waals surface area contributed by atoms with Gasteiger partial charge < -0.3 is 4.98 Å². The van der Waals surface area contributed by atoms with Crippen molar-refractivity contribution in [2.24, 2.45) is 0 Å².